The number of carbonyl (C=O) groups excluding carboxylic acids is 1. The van der Waals surface area contributed by atoms with Crippen molar-refractivity contribution in [2.75, 3.05) is 59.0 Å². The minimum atomic E-state index is -0.132. The second-order valence-electron chi connectivity index (χ2n) is 4.35. The van der Waals surface area contributed by atoms with Gasteiger partial charge in [-0.25, -0.2) is 0 Å². The number of amides is 1. The molecule has 0 aromatic carbocycles. The smallest absolute Gasteiger partial charge is 0.318 e. The summed E-state index contributed by atoms with van der Waals surface area (Å²) in [5.74, 6) is 0.334. The van der Waals surface area contributed by atoms with Gasteiger partial charge in [-0.2, -0.15) is 0 Å². The first-order valence-corrected chi connectivity index (χ1v) is 6.66. The van der Waals surface area contributed by atoms with E-state index in [2.05, 4.69) is 20.8 Å². The Hall–Kier alpha value is -1.71. The van der Waals surface area contributed by atoms with E-state index < -0.39 is 0 Å². The van der Waals surface area contributed by atoms with Crippen molar-refractivity contribution in [2.45, 2.75) is 6.54 Å². The predicted molar refractivity (Wildman–Crippen MR) is 76.0 cm³/mol. The Balaban J connectivity index is 2.32. The molecule has 0 aliphatic rings. The van der Waals surface area contributed by atoms with Crippen LogP contribution < -0.4 is 15.5 Å². The number of anilines is 1. The Kier molecular flexibility index (Phi) is 8.32. The maximum Gasteiger partial charge on any atom is 0.318 e. The Bertz CT molecular complexity index is 412. The van der Waals surface area contributed by atoms with Gasteiger partial charge in [0.1, 0.15) is 6.54 Å². The van der Waals surface area contributed by atoms with Gasteiger partial charge in [0.2, 0.25) is 11.8 Å². The third kappa shape index (κ3) is 7.02. The zero-order chi connectivity index (χ0) is 15.5. The third-order valence-electron chi connectivity index (χ3n) is 2.55. The van der Waals surface area contributed by atoms with Crippen LogP contribution in [0.15, 0.2) is 4.42 Å². The van der Waals surface area contributed by atoms with E-state index in [1.807, 2.05) is 0 Å². The molecule has 1 aromatic heterocycles. The van der Waals surface area contributed by atoms with Gasteiger partial charge in [-0.15, -0.1) is 5.10 Å². The summed E-state index contributed by atoms with van der Waals surface area (Å²) >= 11 is 0. The van der Waals surface area contributed by atoms with Crippen LogP contribution in [0, 0.1) is 0 Å². The van der Waals surface area contributed by atoms with Gasteiger partial charge in [0, 0.05) is 34.4 Å². The summed E-state index contributed by atoms with van der Waals surface area (Å²) in [7, 11) is 4.93. The molecule has 9 heteroatoms. The van der Waals surface area contributed by atoms with Crippen LogP contribution >= 0.6 is 0 Å². The molecule has 21 heavy (non-hydrogen) atoms. The molecule has 0 bridgehead atoms. The summed E-state index contributed by atoms with van der Waals surface area (Å²) in [6, 6.07) is 0.306. The fourth-order valence-electron chi connectivity index (χ4n) is 1.47. The van der Waals surface area contributed by atoms with Crippen molar-refractivity contribution < 1.29 is 18.7 Å². The van der Waals surface area contributed by atoms with Crippen molar-refractivity contribution in [1.82, 2.24) is 20.8 Å². The number of nitrogens with one attached hydrogen (secondary N) is 2. The topological polar surface area (TPSA) is 102 Å². The first-order valence-electron chi connectivity index (χ1n) is 6.66. The molecule has 9 nitrogen and oxygen atoms in total. The first kappa shape index (κ1) is 17.3. The van der Waals surface area contributed by atoms with Crippen LogP contribution in [0.3, 0.4) is 0 Å². The number of methoxy groups -OCH3 is 2. The van der Waals surface area contributed by atoms with Crippen molar-refractivity contribution in [2.24, 2.45) is 0 Å². The minimum absolute atomic E-state index is 0.132. The van der Waals surface area contributed by atoms with E-state index in [1.54, 1.807) is 26.2 Å². The van der Waals surface area contributed by atoms with Crippen LogP contribution in [0.25, 0.3) is 0 Å². The number of carbonyl (C=O) groups is 1. The molecule has 0 saturated heterocycles. The van der Waals surface area contributed by atoms with Crippen molar-refractivity contribution in [3.05, 3.63) is 5.89 Å². The zero-order valence-electron chi connectivity index (χ0n) is 12.7. The molecule has 0 unspecified atom stereocenters. The largest absolute Gasteiger partial charge is 0.407 e. The number of hydrogen-bond acceptors (Lipinski definition) is 8. The Morgan fingerprint density at radius 1 is 1.24 bits per heavy atom. The summed E-state index contributed by atoms with van der Waals surface area (Å²) in [6.07, 6.45) is 0. The molecule has 2 N–H and O–H groups in total. The lowest BCUT2D eigenvalue weighted by Gasteiger charge is -2.13. The molecule has 120 valence electrons. The summed E-state index contributed by atoms with van der Waals surface area (Å²) in [6.45, 7) is 2.87. The van der Waals surface area contributed by atoms with E-state index in [0.29, 0.717) is 44.8 Å². The number of likely N-dealkylation sites (N-methyl/N-ethyl adjacent to an activating group) is 1. The molecule has 1 amide bonds. The van der Waals surface area contributed by atoms with Gasteiger partial charge in [0.25, 0.3) is 0 Å². The standard InChI is InChI=1S/C12H23N5O4/c1-17(9-10(18)14-5-7-20-3)12-16-15-11(21-12)8-13-4-6-19-2/h13H,4-9H2,1-3H3,(H,14,18). The maximum absolute atomic E-state index is 11.6. The molecule has 0 aliphatic heterocycles. The fourth-order valence-corrected chi connectivity index (χ4v) is 1.47. The summed E-state index contributed by atoms with van der Waals surface area (Å²) in [4.78, 5) is 13.2. The third-order valence-corrected chi connectivity index (χ3v) is 2.55. The SMILES string of the molecule is COCCNCc1nnc(N(C)CC(=O)NCCOC)o1. The molecule has 1 heterocycles. The fraction of sp³-hybridized carbons (Fsp3) is 0.750. The molecule has 0 aliphatic carbocycles. The van der Waals surface area contributed by atoms with Crippen LogP contribution in [0.5, 0.6) is 0 Å². The summed E-state index contributed by atoms with van der Waals surface area (Å²) < 4.78 is 15.2. The predicted octanol–water partition coefficient (Wildman–Crippen LogP) is -0.996. The highest BCUT2D eigenvalue weighted by molar-refractivity contribution is 5.80. The van der Waals surface area contributed by atoms with Gasteiger partial charge >= 0.3 is 6.01 Å². The highest BCUT2D eigenvalue weighted by atomic mass is 16.5. The molecule has 0 spiro atoms. The number of hydrogen-bond donors (Lipinski definition) is 2. The number of nitrogens with zero attached hydrogens (tertiary/aromatic N) is 3. The van der Waals surface area contributed by atoms with Crippen molar-refractivity contribution in [3.8, 4) is 0 Å². The number of rotatable bonds is 11. The molecule has 0 atom stereocenters. The van der Waals surface area contributed by atoms with Crippen LogP contribution in [-0.4, -0.2) is 70.2 Å². The summed E-state index contributed by atoms with van der Waals surface area (Å²) in [5.41, 5.74) is 0. The number of ether oxygens (including phenoxy) is 2. The highest BCUT2D eigenvalue weighted by Gasteiger charge is 2.13. The average molecular weight is 301 g/mol. The molecular formula is C12H23N5O4. The Morgan fingerprint density at radius 3 is 2.67 bits per heavy atom. The second-order valence-corrected chi connectivity index (χ2v) is 4.35. The quantitative estimate of drug-likeness (QED) is 0.502. The average Bonchev–Trinajstić information content (AvgIpc) is 2.93. The molecule has 1 rings (SSSR count). The lowest BCUT2D eigenvalue weighted by atomic mass is 10.5. The first-order chi connectivity index (χ1) is 10.2. The van der Waals surface area contributed by atoms with Gasteiger partial charge in [-0.1, -0.05) is 5.10 Å². The summed E-state index contributed by atoms with van der Waals surface area (Å²) in [5, 5.41) is 13.6. The normalized spacial score (nSPS) is 10.6. The monoisotopic (exact) mass is 301 g/mol. The Morgan fingerprint density at radius 2 is 1.95 bits per heavy atom. The minimum Gasteiger partial charge on any atom is -0.407 e. The van der Waals surface area contributed by atoms with Crippen LogP contribution in [0.4, 0.5) is 6.01 Å². The maximum atomic E-state index is 11.6. The van der Waals surface area contributed by atoms with Gasteiger partial charge in [0.05, 0.1) is 19.8 Å². The lowest BCUT2D eigenvalue weighted by Crippen LogP contribution is -2.36. The van der Waals surface area contributed by atoms with Gasteiger partial charge in [0.15, 0.2) is 0 Å². The van der Waals surface area contributed by atoms with Crippen molar-refractivity contribution in [3.63, 3.8) is 0 Å². The second kappa shape index (κ2) is 10.1. The molecule has 1 aromatic rings. The molecule has 0 radical (unpaired) electrons. The molecular weight excluding hydrogens is 278 g/mol. The molecule has 0 saturated carbocycles. The van der Waals surface area contributed by atoms with Crippen LogP contribution in [0.1, 0.15) is 5.89 Å². The highest BCUT2D eigenvalue weighted by Crippen LogP contribution is 2.09. The van der Waals surface area contributed by atoms with Crippen LogP contribution in [-0.2, 0) is 20.8 Å². The Labute approximate surface area is 124 Å². The van der Waals surface area contributed by atoms with E-state index in [1.165, 1.54) is 0 Å². The number of aromatic nitrogens is 2. The lowest BCUT2D eigenvalue weighted by molar-refractivity contribution is -0.119. The van der Waals surface area contributed by atoms with Crippen molar-refractivity contribution in [1.29, 1.82) is 0 Å². The van der Waals surface area contributed by atoms with Crippen molar-refractivity contribution >= 4 is 11.9 Å². The van der Waals surface area contributed by atoms with E-state index in [0.717, 1.165) is 0 Å². The van der Waals surface area contributed by atoms with Gasteiger partial charge in [-0.05, 0) is 0 Å². The van der Waals surface area contributed by atoms with E-state index in [-0.39, 0.29) is 12.5 Å². The van der Waals surface area contributed by atoms with Gasteiger partial charge in [-0.3, -0.25) is 4.79 Å². The van der Waals surface area contributed by atoms with E-state index >= 15 is 0 Å². The van der Waals surface area contributed by atoms with E-state index in [4.69, 9.17) is 13.9 Å². The molecule has 0 fully saturated rings. The van der Waals surface area contributed by atoms with E-state index in [9.17, 15) is 4.79 Å². The zero-order valence-corrected chi connectivity index (χ0v) is 12.7. The van der Waals surface area contributed by atoms with Gasteiger partial charge < -0.3 is 29.4 Å². The van der Waals surface area contributed by atoms with Crippen LogP contribution in [0.2, 0.25) is 0 Å².